The van der Waals surface area contributed by atoms with Crippen molar-refractivity contribution < 1.29 is 4.79 Å². The Balaban J connectivity index is 1.98. The number of aryl methyl sites for hydroxylation is 3. The van der Waals surface area contributed by atoms with Crippen molar-refractivity contribution in [2.24, 2.45) is 7.05 Å². The third-order valence-electron chi connectivity index (χ3n) is 4.45. The van der Waals surface area contributed by atoms with E-state index >= 15 is 0 Å². The summed E-state index contributed by atoms with van der Waals surface area (Å²) < 4.78 is 3.36. The summed E-state index contributed by atoms with van der Waals surface area (Å²) in [7, 11) is 1.55. The van der Waals surface area contributed by atoms with Crippen LogP contribution in [0.5, 0.6) is 0 Å². The molecule has 0 aliphatic rings. The Morgan fingerprint density at radius 1 is 1.24 bits per heavy atom. The highest BCUT2D eigenvalue weighted by molar-refractivity contribution is 6.05. The van der Waals surface area contributed by atoms with Gasteiger partial charge >= 0.3 is 0 Å². The van der Waals surface area contributed by atoms with Gasteiger partial charge in [0.25, 0.3) is 11.5 Å². The van der Waals surface area contributed by atoms with Crippen LogP contribution in [0.4, 0.5) is 5.69 Å². The molecule has 0 radical (unpaired) electrons. The Bertz CT molecular complexity index is 1010. The van der Waals surface area contributed by atoms with E-state index in [1.54, 1.807) is 20.9 Å². The summed E-state index contributed by atoms with van der Waals surface area (Å²) in [6.45, 7) is 6.58. The summed E-state index contributed by atoms with van der Waals surface area (Å²) in [5.41, 5.74) is 2.75. The van der Waals surface area contributed by atoms with Gasteiger partial charge in [-0.1, -0.05) is 13.0 Å². The average Bonchev–Trinajstić information content (AvgIpc) is 2.96. The lowest BCUT2D eigenvalue weighted by Crippen LogP contribution is -2.31. The van der Waals surface area contributed by atoms with Crippen LogP contribution >= 0.6 is 0 Å². The lowest BCUT2D eigenvalue weighted by atomic mass is 10.1. The lowest BCUT2D eigenvalue weighted by molar-refractivity contribution is 0.102. The fourth-order valence-corrected chi connectivity index (χ4v) is 3.01. The third-order valence-corrected chi connectivity index (χ3v) is 4.45. The fraction of sp³-hybridized carbons (Fsp3) is 0.316. The monoisotopic (exact) mass is 338 g/mol. The van der Waals surface area contributed by atoms with Crippen molar-refractivity contribution in [3.8, 4) is 0 Å². The summed E-state index contributed by atoms with van der Waals surface area (Å²) in [5, 5.41) is 8.09. The highest BCUT2D eigenvalue weighted by atomic mass is 16.2. The van der Waals surface area contributed by atoms with Crippen molar-refractivity contribution in [2.75, 3.05) is 5.32 Å². The first-order valence-corrected chi connectivity index (χ1v) is 8.37. The van der Waals surface area contributed by atoms with Gasteiger partial charge in [-0.15, -0.1) is 0 Å². The van der Waals surface area contributed by atoms with E-state index in [1.807, 2.05) is 24.4 Å². The van der Waals surface area contributed by atoms with Crippen molar-refractivity contribution in [3.05, 3.63) is 57.6 Å². The van der Waals surface area contributed by atoms with Gasteiger partial charge < -0.3 is 9.88 Å². The minimum Gasteiger partial charge on any atom is -0.347 e. The first kappa shape index (κ1) is 17.0. The van der Waals surface area contributed by atoms with Gasteiger partial charge in [-0.3, -0.25) is 9.59 Å². The number of carbonyl (C=O) groups is 1. The molecule has 0 atom stereocenters. The van der Waals surface area contributed by atoms with Gasteiger partial charge in [0.05, 0.1) is 11.2 Å². The number of benzene rings is 1. The van der Waals surface area contributed by atoms with E-state index < -0.39 is 11.5 Å². The number of nitrogens with zero attached hydrogens (tertiary/aromatic N) is 3. The minimum absolute atomic E-state index is 0.138. The Labute approximate surface area is 146 Å². The largest absolute Gasteiger partial charge is 0.347 e. The summed E-state index contributed by atoms with van der Waals surface area (Å²) >= 11 is 0. The van der Waals surface area contributed by atoms with E-state index in [4.69, 9.17) is 0 Å². The zero-order valence-electron chi connectivity index (χ0n) is 15.0. The van der Waals surface area contributed by atoms with Gasteiger partial charge in [0.1, 0.15) is 5.56 Å². The van der Waals surface area contributed by atoms with Crippen molar-refractivity contribution in [2.45, 2.75) is 33.7 Å². The molecule has 0 bridgehead atoms. The topological polar surface area (TPSA) is 68.9 Å². The molecule has 0 fully saturated rings. The molecule has 2 aromatic heterocycles. The SMILES string of the molecule is CCCn1ccc2ccc(NC(=O)c3c(C)c(C)nn(C)c3=O)cc21. The number of hydrogen-bond acceptors (Lipinski definition) is 3. The molecule has 0 aliphatic heterocycles. The number of carbonyl (C=O) groups excluding carboxylic acids is 1. The van der Waals surface area contributed by atoms with E-state index in [-0.39, 0.29) is 5.56 Å². The number of rotatable bonds is 4. The molecule has 0 spiro atoms. The Morgan fingerprint density at radius 3 is 2.72 bits per heavy atom. The summed E-state index contributed by atoms with van der Waals surface area (Å²) in [6.07, 6.45) is 3.08. The van der Waals surface area contributed by atoms with Gasteiger partial charge in [-0.2, -0.15) is 5.10 Å². The first-order valence-electron chi connectivity index (χ1n) is 8.37. The number of hydrogen-bond donors (Lipinski definition) is 1. The molecule has 3 aromatic rings. The summed E-state index contributed by atoms with van der Waals surface area (Å²) in [5.74, 6) is -0.406. The van der Waals surface area contributed by atoms with E-state index in [9.17, 15) is 9.59 Å². The molecule has 0 saturated heterocycles. The standard InChI is InChI=1S/C19H22N4O2/c1-5-9-23-10-8-14-6-7-15(11-16(14)23)20-18(24)17-12(2)13(3)21-22(4)19(17)25/h6-8,10-11H,5,9H2,1-4H3,(H,20,24). The van der Waals surface area contributed by atoms with Crippen LogP contribution in [0.2, 0.25) is 0 Å². The maximum absolute atomic E-state index is 12.7. The number of nitrogens with one attached hydrogen (secondary N) is 1. The highest BCUT2D eigenvalue weighted by Gasteiger charge is 2.18. The lowest BCUT2D eigenvalue weighted by Gasteiger charge is -2.11. The van der Waals surface area contributed by atoms with E-state index in [1.165, 1.54) is 4.68 Å². The molecule has 0 aliphatic carbocycles. The van der Waals surface area contributed by atoms with Crippen LogP contribution < -0.4 is 10.9 Å². The third kappa shape index (κ3) is 3.07. The molecule has 6 heteroatoms. The molecule has 2 heterocycles. The number of anilines is 1. The van der Waals surface area contributed by atoms with Crippen LogP contribution in [0.25, 0.3) is 10.9 Å². The smallest absolute Gasteiger partial charge is 0.279 e. The first-order chi connectivity index (χ1) is 11.9. The van der Waals surface area contributed by atoms with Gasteiger partial charge in [-0.25, -0.2) is 4.68 Å². The van der Waals surface area contributed by atoms with Crippen molar-refractivity contribution in [3.63, 3.8) is 0 Å². The predicted molar refractivity (Wildman–Crippen MR) is 99.1 cm³/mol. The van der Waals surface area contributed by atoms with Crippen LogP contribution in [0, 0.1) is 13.8 Å². The van der Waals surface area contributed by atoms with Crippen molar-refractivity contribution >= 4 is 22.5 Å². The van der Waals surface area contributed by atoms with E-state index in [2.05, 4.69) is 28.0 Å². The van der Waals surface area contributed by atoms with Crippen LogP contribution in [0.3, 0.4) is 0 Å². The fourth-order valence-electron chi connectivity index (χ4n) is 3.01. The average molecular weight is 338 g/mol. The second-order valence-electron chi connectivity index (χ2n) is 6.25. The van der Waals surface area contributed by atoms with Gasteiger partial charge in [-0.05, 0) is 49.4 Å². The Morgan fingerprint density at radius 2 is 2.00 bits per heavy atom. The normalized spacial score (nSPS) is 11.0. The molecule has 0 unspecified atom stereocenters. The second kappa shape index (κ2) is 6.55. The molecular formula is C19H22N4O2. The van der Waals surface area contributed by atoms with Gasteiger partial charge in [0.2, 0.25) is 0 Å². The Kier molecular flexibility index (Phi) is 4.44. The van der Waals surface area contributed by atoms with Crippen molar-refractivity contribution in [1.29, 1.82) is 0 Å². The minimum atomic E-state index is -0.406. The number of aromatic nitrogens is 3. The van der Waals surface area contributed by atoms with E-state index in [0.717, 1.165) is 23.9 Å². The van der Waals surface area contributed by atoms with Crippen LogP contribution in [-0.2, 0) is 13.6 Å². The van der Waals surface area contributed by atoms with Crippen LogP contribution in [0.15, 0.2) is 35.3 Å². The predicted octanol–water partition coefficient (Wildman–Crippen LogP) is 3.01. The summed E-state index contributed by atoms with van der Waals surface area (Å²) in [4.78, 5) is 25.0. The van der Waals surface area contributed by atoms with Gasteiger partial charge in [0, 0.05) is 25.5 Å². The summed E-state index contributed by atoms with van der Waals surface area (Å²) in [6, 6.07) is 7.82. The molecule has 1 aromatic carbocycles. The maximum atomic E-state index is 12.7. The zero-order valence-corrected chi connectivity index (χ0v) is 15.0. The number of fused-ring (bicyclic) bond motifs is 1. The quantitative estimate of drug-likeness (QED) is 0.795. The van der Waals surface area contributed by atoms with E-state index in [0.29, 0.717) is 16.9 Å². The molecule has 6 nitrogen and oxygen atoms in total. The zero-order chi connectivity index (χ0) is 18.1. The van der Waals surface area contributed by atoms with Crippen LogP contribution in [0.1, 0.15) is 35.0 Å². The molecule has 1 N–H and O–H groups in total. The molecule has 3 rings (SSSR count). The highest BCUT2D eigenvalue weighted by Crippen LogP contribution is 2.21. The molecule has 1 amide bonds. The van der Waals surface area contributed by atoms with Crippen molar-refractivity contribution in [1.82, 2.24) is 14.3 Å². The molecular weight excluding hydrogens is 316 g/mol. The molecule has 0 saturated carbocycles. The molecule has 25 heavy (non-hydrogen) atoms. The van der Waals surface area contributed by atoms with Crippen LogP contribution in [-0.4, -0.2) is 20.3 Å². The molecule has 130 valence electrons. The maximum Gasteiger partial charge on any atom is 0.279 e. The number of amides is 1. The van der Waals surface area contributed by atoms with Gasteiger partial charge in [0.15, 0.2) is 0 Å². The Hall–Kier alpha value is -2.89. The second-order valence-corrected chi connectivity index (χ2v) is 6.25.